The molecule has 5 nitrogen and oxygen atoms in total. The van der Waals surface area contributed by atoms with E-state index in [1.54, 1.807) is 41.1 Å². The van der Waals surface area contributed by atoms with Crippen molar-refractivity contribution in [2.45, 2.75) is 6.54 Å². The van der Waals surface area contributed by atoms with Crippen LogP contribution in [-0.4, -0.2) is 17.6 Å². The highest BCUT2D eigenvalue weighted by molar-refractivity contribution is 9.10. The Balaban J connectivity index is 1.84. The van der Waals surface area contributed by atoms with E-state index in [9.17, 15) is 9.59 Å². The number of methoxy groups -OCH3 is 1. The zero-order valence-electron chi connectivity index (χ0n) is 13.3. The predicted molar refractivity (Wildman–Crippen MR) is 103 cm³/mol. The van der Waals surface area contributed by atoms with Crippen LogP contribution in [0, 0.1) is 0 Å². The number of nitrogens with zero attached hydrogens (tertiary/aromatic N) is 1. The molecule has 1 heterocycles. The van der Waals surface area contributed by atoms with Gasteiger partial charge < -0.3 is 14.6 Å². The van der Waals surface area contributed by atoms with Crippen molar-refractivity contribution in [1.29, 1.82) is 0 Å². The van der Waals surface area contributed by atoms with Crippen molar-refractivity contribution < 1.29 is 9.53 Å². The van der Waals surface area contributed by atoms with Crippen LogP contribution in [0.3, 0.4) is 0 Å². The first-order valence-electron chi connectivity index (χ1n) is 7.40. The van der Waals surface area contributed by atoms with Gasteiger partial charge in [-0.15, -0.1) is 0 Å². The fourth-order valence-electron chi connectivity index (χ4n) is 2.52. The van der Waals surface area contributed by atoms with E-state index in [-0.39, 0.29) is 17.9 Å². The Labute approximate surface area is 157 Å². The summed E-state index contributed by atoms with van der Waals surface area (Å²) >= 11 is 9.42. The number of rotatable bonds is 4. The number of amides is 1. The van der Waals surface area contributed by atoms with E-state index >= 15 is 0 Å². The normalized spacial score (nSPS) is 10.7. The molecule has 0 saturated carbocycles. The summed E-state index contributed by atoms with van der Waals surface area (Å²) in [5.74, 6) is 0.311. The zero-order valence-corrected chi connectivity index (χ0v) is 15.6. The quantitative estimate of drug-likeness (QED) is 0.691. The van der Waals surface area contributed by atoms with Gasteiger partial charge in [0.05, 0.1) is 17.6 Å². The summed E-state index contributed by atoms with van der Waals surface area (Å²) in [6.07, 6.45) is 1.61. The second-order valence-electron chi connectivity index (χ2n) is 5.37. The van der Waals surface area contributed by atoms with Crippen LogP contribution in [0.5, 0.6) is 5.75 Å². The van der Waals surface area contributed by atoms with Crippen LogP contribution in [0.15, 0.2) is 57.9 Å². The minimum absolute atomic E-state index is 0.0715. The van der Waals surface area contributed by atoms with Crippen molar-refractivity contribution in [2.75, 3.05) is 12.4 Å². The molecule has 1 amide bonds. The fourth-order valence-corrected chi connectivity index (χ4v) is 3.14. The topological polar surface area (TPSA) is 60.3 Å². The number of fused-ring (bicyclic) bond motifs is 1. The first kappa shape index (κ1) is 17.5. The van der Waals surface area contributed by atoms with Crippen LogP contribution in [0.4, 0.5) is 5.69 Å². The lowest BCUT2D eigenvalue weighted by atomic mass is 10.2. The van der Waals surface area contributed by atoms with E-state index in [4.69, 9.17) is 16.3 Å². The van der Waals surface area contributed by atoms with Gasteiger partial charge >= 0.3 is 0 Å². The maximum absolute atomic E-state index is 12.3. The molecule has 3 aromatic rings. The average Bonchev–Trinajstić information content (AvgIpc) is 2.58. The summed E-state index contributed by atoms with van der Waals surface area (Å²) in [7, 11) is 1.53. The Kier molecular flexibility index (Phi) is 5.11. The van der Waals surface area contributed by atoms with Gasteiger partial charge in [0.25, 0.3) is 0 Å². The van der Waals surface area contributed by atoms with Crippen LogP contribution < -0.4 is 15.5 Å². The molecule has 0 aliphatic carbocycles. The van der Waals surface area contributed by atoms with Crippen LogP contribution in [0.25, 0.3) is 10.9 Å². The van der Waals surface area contributed by atoms with Crippen LogP contribution in [-0.2, 0) is 11.3 Å². The van der Waals surface area contributed by atoms with Crippen molar-refractivity contribution in [1.82, 2.24) is 4.57 Å². The number of aromatic nitrogens is 1. The molecule has 0 bridgehead atoms. The van der Waals surface area contributed by atoms with E-state index in [0.717, 1.165) is 4.47 Å². The number of hydrogen-bond acceptors (Lipinski definition) is 3. The van der Waals surface area contributed by atoms with Gasteiger partial charge in [-0.2, -0.15) is 0 Å². The highest BCUT2D eigenvalue weighted by atomic mass is 79.9. The molecule has 0 saturated heterocycles. The lowest BCUT2D eigenvalue weighted by molar-refractivity contribution is -0.116. The molecule has 0 spiro atoms. The molecular weight excluding hydrogens is 408 g/mol. The minimum Gasteiger partial charge on any atom is -0.495 e. The molecule has 128 valence electrons. The first-order chi connectivity index (χ1) is 12.0. The number of ether oxygens (including phenoxy) is 1. The van der Waals surface area contributed by atoms with E-state index in [1.807, 2.05) is 6.07 Å². The maximum atomic E-state index is 12.3. The number of carbonyl (C=O) groups is 1. The number of anilines is 1. The Morgan fingerprint density at radius 1 is 1.24 bits per heavy atom. The molecule has 1 aromatic heterocycles. The summed E-state index contributed by atoms with van der Waals surface area (Å²) in [5, 5.41) is 3.75. The van der Waals surface area contributed by atoms with Gasteiger partial charge in [-0.25, -0.2) is 0 Å². The Bertz CT molecular complexity index is 1020. The van der Waals surface area contributed by atoms with Gasteiger partial charge in [-0.3, -0.25) is 9.59 Å². The van der Waals surface area contributed by atoms with Crippen LogP contribution >= 0.6 is 27.5 Å². The summed E-state index contributed by atoms with van der Waals surface area (Å²) in [5.41, 5.74) is 1.18. The highest BCUT2D eigenvalue weighted by Crippen LogP contribution is 2.27. The van der Waals surface area contributed by atoms with Gasteiger partial charge in [-0.1, -0.05) is 27.5 Å². The van der Waals surface area contributed by atoms with E-state index < -0.39 is 0 Å². The van der Waals surface area contributed by atoms with Crippen LogP contribution in [0.1, 0.15) is 0 Å². The third kappa shape index (κ3) is 3.86. The number of pyridine rings is 1. The van der Waals surface area contributed by atoms with Gasteiger partial charge in [0.2, 0.25) is 5.91 Å². The maximum Gasteiger partial charge on any atom is 0.244 e. The van der Waals surface area contributed by atoms with Crippen molar-refractivity contribution in [3.05, 3.63) is 68.4 Å². The molecule has 3 rings (SSSR count). The summed E-state index contributed by atoms with van der Waals surface area (Å²) in [6.45, 7) is 0.0715. The second kappa shape index (κ2) is 7.29. The molecule has 25 heavy (non-hydrogen) atoms. The summed E-state index contributed by atoms with van der Waals surface area (Å²) in [4.78, 5) is 24.3. The van der Waals surface area contributed by atoms with Crippen LogP contribution in [0.2, 0.25) is 5.02 Å². The fraction of sp³-hybridized carbons (Fsp3) is 0.111. The van der Waals surface area contributed by atoms with Crippen molar-refractivity contribution in [3.8, 4) is 5.75 Å². The Morgan fingerprint density at radius 3 is 2.76 bits per heavy atom. The smallest absolute Gasteiger partial charge is 0.244 e. The molecule has 7 heteroatoms. The standard InChI is InChI=1S/C18H14BrClN2O3/c1-25-17-5-3-12(9-14(17)20)21-18(24)10-22-7-6-16(23)13-8-11(19)2-4-15(13)22/h2-9H,10H2,1H3,(H,21,24). The third-order valence-electron chi connectivity index (χ3n) is 3.69. The second-order valence-corrected chi connectivity index (χ2v) is 6.69. The number of nitrogens with one attached hydrogen (secondary N) is 1. The SMILES string of the molecule is COc1ccc(NC(=O)Cn2ccc(=O)c3cc(Br)ccc32)cc1Cl. The van der Waals surface area contributed by atoms with Gasteiger partial charge in [0, 0.05) is 27.8 Å². The molecular formula is C18H14BrClN2O3. The van der Waals surface area contributed by atoms with Gasteiger partial charge in [0.1, 0.15) is 12.3 Å². The lowest BCUT2D eigenvalue weighted by Crippen LogP contribution is -2.20. The predicted octanol–water partition coefficient (Wildman–Crippen LogP) is 4.06. The van der Waals surface area contributed by atoms with Gasteiger partial charge in [0.15, 0.2) is 5.43 Å². The van der Waals surface area contributed by atoms with E-state index in [2.05, 4.69) is 21.2 Å². The van der Waals surface area contributed by atoms with E-state index in [1.165, 1.54) is 13.2 Å². The lowest BCUT2D eigenvalue weighted by Gasteiger charge is -2.12. The molecule has 1 N–H and O–H groups in total. The largest absolute Gasteiger partial charge is 0.495 e. The number of benzene rings is 2. The number of carbonyl (C=O) groups excluding carboxylic acids is 1. The Morgan fingerprint density at radius 2 is 2.04 bits per heavy atom. The molecule has 0 atom stereocenters. The highest BCUT2D eigenvalue weighted by Gasteiger charge is 2.09. The molecule has 0 aliphatic heterocycles. The monoisotopic (exact) mass is 420 g/mol. The number of hydrogen-bond donors (Lipinski definition) is 1. The molecule has 0 fully saturated rings. The van der Waals surface area contributed by atoms with E-state index in [0.29, 0.717) is 27.4 Å². The molecule has 0 unspecified atom stereocenters. The number of halogens is 2. The van der Waals surface area contributed by atoms with Crippen molar-refractivity contribution in [3.63, 3.8) is 0 Å². The van der Waals surface area contributed by atoms with Crippen molar-refractivity contribution in [2.24, 2.45) is 0 Å². The third-order valence-corrected chi connectivity index (χ3v) is 4.48. The Hall–Kier alpha value is -2.31. The summed E-state index contributed by atoms with van der Waals surface area (Å²) < 4.78 is 7.63. The van der Waals surface area contributed by atoms with Crippen molar-refractivity contribution >= 4 is 50.0 Å². The van der Waals surface area contributed by atoms with Gasteiger partial charge in [-0.05, 0) is 36.4 Å². The molecule has 2 aromatic carbocycles. The molecule has 0 radical (unpaired) electrons. The summed E-state index contributed by atoms with van der Waals surface area (Å²) in [6, 6.07) is 11.9. The minimum atomic E-state index is -0.228. The first-order valence-corrected chi connectivity index (χ1v) is 8.57. The average molecular weight is 422 g/mol. The zero-order chi connectivity index (χ0) is 18.0. The molecule has 0 aliphatic rings.